The fourth-order valence-corrected chi connectivity index (χ4v) is 12.8. The van der Waals surface area contributed by atoms with E-state index in [1.54, 1.807) is 0 Å². The molecule has 2 nitrogen and oxygen atoms in total. The van der Waals surface area contributed by atoms with Crippen LogP contribution < -0.4 is 10.4 Å². The number of nitrogens with zero attached hydrogens (tertiary/aromatic N) is 2. The standard InChI is InChI=1S/C43H32N2SSi/c1-43(2)31-20-18-26(24-30(31)37-32(43)21-19-28-27-14-8-10-16-34(27)46-41(28)37)42-44-33-22-23-36-38(29-15-9-11-17-35(29)47(36,3)4)39(33)40(45-42)25-12-6-5-7-13-25/h5-24H,1-4H3. The fraction of sp³-hybridized carbons (Fsp3) is 0.116. The van der Waals surface area contributed by atoms with Gasteiger partial charge in [0.05, 0.1) is 11.2 Å². The summed E-state index contributed by atoms with van der Waals surface area (Å²) in [7, 11) is -1.85. The summed E-state index contributed by atoms with van der Waals surface area (Å²) in [5.74, 6) is 0.775. The van der Waals surface area contributed by atoms with E-state index >= 15 is 0 Å². The Morgan fingerprint density at radius 1 is 0.596 bits per heavy atom. The van der Waals surface area contributed by atoms with Crippen LogP contribution in [0.15, 0.2) is 121 Å². The maximum Gasteiger partial charge on any atom is 0.160 e. The molecule has 1 aliphatic carbocycles. The summed E-state index contributed by atoms with van der Waals surface area (Å²) in [5, 5.41) is 6.82. The molecule has 0 saturated carbocycles. The number of hydrogen-bond acceptors (Lipinski definition) is 3. The van der Waals surface area contributed by atoms with E-state index < -0.39 is 8.07 Å². The van der Waals surface area contributed by atoms with E-state index in [-0.39, 0.29) is 5.41 Å². The summed E-state index contributed by atoms with van der Waals surface area (Å²) in [6.07, 6.45) is 0. The summed E-state index contributed by atoms with van der Waals surface area (Å²) < 4.78 is 2.71. The van der Waals surface area contributed by atoms with Gasteiger partial charge in [0.2, 0.25) is 0 Å². The monoisotopic (exact) mass is 636 g/mol. The molecule has 0 N–H and O–H groups in total. The number of aromatic nitrogens is 2. The van der Waals surface area contributed by atoms with Crippen molar-refractivity contribution in [3.63, 3.8) is 0 Å². The van der Waals surface area contributed by atoms with Crippen molar-refractivity contribution >= 4 is 60.9 Å². The Labute approximate surface area is 279 Å². The Hall–Kier alpha value is -4.90. The lowest BCUT2D eigenvalue weighted by Gasteiger charge is -2.21. The first-order valence-corrected chi connectivity index (χ1v) is 20.2. The maximum atomic E-state index is 5.46. The average molecular weight is 637 g/mol. The minimum atomic E-state index is -1.85. The highest BCUT2D eigenvalue weighted by atomic mass is 32.1. The predicted molar refractivity (Wildman–Crippen MR) is 203 cm³/mol. The second kappa shape index (κ2) is 9.34. The number of fused-ring (bicyclic) bond motifs is 12. The highest BCUT2D eigenvalue weighted by Gasteiger charge is 2.40. The molecule has 6 aromatic carbocycles. The molecule has 0 radical (unpaired) electrons. The van der Waals surface area contributed by atoms with Gasteiger partial charge < -0.3 is 0 Å². The molecule has 3 heterocycles. The summed E-state index contributed by atoms with van der Waals surface area (Å²) in [6, 6.07) is 44.7. The Balaban J connectivity index is 1.24. The Morgan fingerprint density at radius 2 is 1.36 bits per heavy atom. The van der Waals surface area contributed by atoms with E-state index in [1.807, 2.05) is 11.3 Å². The van der Waals surface area contributed by atoms with Crippen molar-refractivity contribution in [3.8, 4) is 44.9 Å². The van der Waals surface area contributed by atoms with E-state index in [0.717, 1.165) is 28.2 Å². The van der Waals surface area contributed by atoms with Crippen molar-refractivity contribution in [2.45, 2.75) is 32.4 Å². The smallest absolute Gasteiger partial charge is 0.160 e. The van der Waals surface area contributed by atoms with Gasteiger partial charge >= 0.3 is 0 Å². The Morgan fingerprint density at radius 3 is 2.23 bits per heavy atom. The van der Waals surface area contributed by atoms with Gasteiger partial charge in [0.1, 0.15) is 8.07 Å². The number of thiophene rings is 1. The summed E-state index contributed by atoms with van der Waals surface area (Å²) in [4.78, 5) is 10.8. The van der Waals surface area contributed by atoms with E-state index in [9.17, 15) is 0 Å². The third kappa shape index (κ3) is 3.60. The van der Waals surface area contributed by atoms with Crippen LogP contribution in [-0.4, -0.2) is 18.0 Å². The SMILES string of the molecule is CC1(C)c2ccc(-c3nc(-c4ccccc4)c4c5c(ccc4n3)[Si](C)(C)c3ccccc3-5)cc2-c2c1ccc1c2sc2ccccc21. The molecule has 0 unspecified atom stereocenters. The molecule has 2 aliphatic rings. The van der Waals surface area contributed by atoms with Crippen LogP contribution in [0.3, 0.4) is 0 Å². The van der Waals surface area contributed by atoms with Crippen LogP contribution >= 0.6 is 11.3 Å². The number of hydrogen-bond donors (Lipinski definition) is 0. The van der Waals surface area contributed by atoms with E-state index in [4.69, 9.17) is 9.97 Å². The minimum Gasteiger partial charge on any atom is -0.228 e. The molecule has 0 saturated heterocycles. The average Bonchev–Trinajstić information content (AvgIpc) is 3.67. The molecule has 224 valence electrons. The summed E-state index contributed by atoms with van der Waals surface area (Å²) in [6.45, 7) is 9.66. The van der Waals surface area contributed by atoms with Gasteiger partial charge in [-0.1, -0.05) is 130 Å². The quantitative estimate of drug-likeness (QED) is 0.177. The van der Waals surface area contributed by atoms with Gasteiger partial charge in [-0.3, -0.25) is 0 Å². The molecule has 4 heteroatoms. The molecule has 0 amide bonds. The third-order valence-electron chi connectivity index (χ3n) is 10.9. The van der Waals surface area contributed by atoms with Gasteiger partial charge in [-0.2, -0.15) is 0 Å². The molecule has 47 heavy (non-hydrogen) atoms. The van der Waals surface area contributed by atoms with Gasteiger partial charge in [0, 0.05) is 47.7 Å². The van der Waals surface area contributed by atoms with Crippen LogP contribution in [-0.2, 0) is 5.41 Å². The van der Waals surface area contributed by atoms with Crippen LogP contribution in [0, 0.1) is 0 Å². The Kier molecular flexibility index (Phi) is 5.41. The van der Waals surface area contributed by atoms with Crippen LogP contribution in [0.5, 0.6) is 0 Å². The fourth-order valence-electron chi connectivity index (χ4n) is 8.51. The second-order valence-electron chi connectivity index (χ2n) is 14.2. The first kappa shape index (κ1) is 27.2. The highest BCUT2D eigenvalue weighted by molar-refractivity contribution is 7.26. The van der Waals surface area contributed by atoms with Gasteiger partial charge in [-0.15, -0.1) is 11.3 Å². The Bertz CT molecular complexity index is 2630. The third-order valence-corrected chi connectivity index (χ3v) is 15.6. The number of benzene rings is 6. The first-order chi connectivity index (χ1) is 22.8. The van der Waals surface area contributed by atoms with Crippen LogP contribution in [0.25, 0.3) is 76.0 Å². The van der Waals surface area contributed by atoms with E-state index in [2.05, 4.69) is 148 Å². The van der Waals surface area contributed by atoms with Gasteiger partial charge in [-0.05, 0) is 56.4 Å². The van der Waals surface area contributed by atoms with Crippen molar-refractivity contribution in [2.24, 2.45) is 0 Å². The van der Waals surface area contributed by atoms with Crippen molar-refractivity contribution in [3.05, 3.63) is 132 Å². The van der Waals surface area contributed by atoms with Crippen molar-refractivity contribution in [1.82, 2.24) is 9.97 Å². The van der Waals surface area contributed by atoms with Crippen LogP contribution in [0.1, 0.15) is 25.0 Å². The van der Waals surface area contributed by atoms with E-state index in [0.29, 0.717) is 0 Å². The summed E-state index contributed by atoms with van der Waals surface area (Å²) in [5.41, 5.74) is 12.2. The van der Waals surface area contributed by atoms with Crippen molar-refractivity contribution in [1.29, 1.82) is 0 Å². The second-order valence-corrected chi connectivity index (χ2v) is 19.5. The molecule has 0 bridgehead atoms. The molecule has 0 atom stereocenters. The molecule has 8 aromatic rings. The van der Waals surface area contributed by atoms with Gasteiger partial charge in [0.15, 0.2) is 5.82 Å². The zero-order chi connectivity index (χ0) is 31.7. The lowest BCUT2D eigenvalue weighted by molar-refractivity contribution is 0.661. The molecule has 2 aromatic heterocycles. The summed E-state index contributed by atoms with van der Waals surface area (Å²) >= 11 is 1.91. The highest BCUT2D eigenvalue weighted by Crippen LogP contribution is 2.54. The maximum absolute atomic E-state index is 5.46. The van der Waals surface area contributed by atoms with Crippen LogP contribution in [0.2, 0.25) is 13.1 Å². The van der Waals surface area contributed by atoms with Gasteiger partial charge in [0.25, 0.3) is 0 Å². The lowest BCUT2D eigenvalue weighted by Crippen LogP contribution is -2.49. The molecule has 0 fully saturated rings. The molecule has 0 spiro atoms. The largest absolute Gasteiger partial charge is 0.228 e. The van der Waals surface area contributed by atoms with Gasteiger partial charge in [-0.25, -0.2) is 9.97 Å². The zero-order valence-corrected chi connectivity index (χ0v) is 28.7. The number of rotatable bonds is 2. The molecular formula is C43H32N2SSi. The normalized spacial score (nSPS) is 15.1. The minimum absolute atomic E-state index is 0.0857. The lowest BCUT2D eigenvalue weighted by atomic mass is 9.82. The van der Waals surface area contributed by atoms with Crippen molar-refractivity contribution < 1.29 is 0 Å². The zero-order valence-electron chi connectivity index (χ0n) is 26.8. The molecule has 1 aliphatic heterocycles. The molecule has 10 rings (SSSR count). The molecular weight excluding hydrogens is 605 g/mol. The van der Waals surface area contributed by atoms with Crippen LogP contribution in [0.4, 0.5) is 0 Å². The van der Waals surface area contributed by atoms with E-state index in [1.165, 1.54) is 69.3 Å². The van der Waals surface area contributed by atoms with Crippen molar-refractivity contribution in [2.75, 3.05) is 0 Å². The first-order valence-electron chi connectivity index (χ1n) is 16.4. The topological polar surface area (TPSA) is 25.8 Å². The predicted octanol–water partition coefficient (Wildman–Crippen LogP) is 10.4.